The lowest BCUT2D eigenvalue weighted by atomic mass is 10.0. The number of rotatable bonds is 6. The Bertz CT molecular complexity index is 1030. The highest BCUT2D eigenvalue weighted by Gasteiger charge is 2.36. The van der Waals surface area contributed by atoms with Gasteiger partial charge in [0.25, 0.3) is 5.91 Å². The Morgan fingerprint density at radius 1 is 1.00 bits per heavy atom. The second-order valence-corrected chi connectivity index (χ2v) is 7.04. The highest BCUT2D eigenvalue weighted by Crippen LogP contribution is 2.37. The number of amides is 2. The van der Waals surface area contributed by atoms with Gasteiger partial charge in [-0.1, -0.05) is 54.6 Å². The van der Waals surface area contributed by atoms with Crippen molar-refractivity contribution in [3.05, 3.63) is 90.0 Å². The normalized spacial score (nSPS) is 13.9. The topological polar surface area (TPSA) is 78.9 Å². The zero-order chi connectivity index (χ0) is 20.9. The minimum atomic E-state index is -0.802. The molecule has 6 nitrogen and oxygen atoms in total. The van der Waals surface area contributed by atoms with Gasteiger partial charge in [-0.05, 0) is 41.8 Å². The van der Waals surface area contributed by atoms with Gasteiger partial charge < -0.3 is 15.2 Å². The Morgan fingerprint density at radius 2 is 1.70 bits per heavy atom. The van der Waals surface area contributed by atoms with E-state index in [0.717, 1.165) is 11.1 Å². The molecule has 0 radical (unpaired) electrons. The number of phenols is 1. The number of benzene rings is 3. The number of carbonyl (C=O) groups excluding carboxylic acids is 2. The summed E-state index contributed by atoms with van der Waals surface area (Å²) in [6, 6.07) is 22.6. The summed E-state index contributed by atoms with van der Waals surface area (Å²) in [5.41, 5.74) is 2.30. The van der Waals surface area contributed by atoms with Crippen molar-refractivity contribution < 1.29 is 19.4 Å². The number of hydrogen-bond acceptors (Lipinski definition) is 4. The molecule has 30 heavy (non-hydrogen) atoms. The van der Waals surface area contributed by atoms with E-state index in [0.29, 0.717) is 24.4 Å². The van der Waals surface area contributed by atoms with Crippen LogP contribution in [0, 0.1) is 0 Å². The molecule has 1 unspecified atom stereocenters. The fourth-order valence-electron chi connectivity index (χ4n) is 3.55. The molecule has 2 amide bonds. The summed E-state index contributed by atoms with van der Waals surface area (Å²) in [7, 11) is 0. The molecule has 0 aromatic heterocycles. The SMILES string of the molecule is O=C(NCCc1ccc(O)cc1)C(c1ccccc1)N1C(=O)COc2ccccc21. The second-order valence-electron chi connectivity index (χ2n) is 7.04. The fourth-order valence-corrected chi connectivity index (χ4v) is 3.55. The van der Waals surface area contributed by atoms with E-state index in [4.69, 9.17) is 4.74 Å². The molecule has 2 N–H and O–H groups in total. The monoisotopic (exact) mass is 402 g/mol. The first-order valence-corrected chi connectivity index (χ1v) is 9.78. The minimum absolute atomic E-state index is 0.110. The van der Waals surface area contributed by atoms with E-state index in [-0.39, 0.29) is 24.2 Å². The summed E-state index contributed by atoms with van der Waals surface area (Å²) in [5.74, 6) is 0.257. The molecule has 0 spiro atoms. The number of ether oxygens (including phenoxy) is 1. The minimum Gasteiger partial charge on any atom is -0.508 e. The van der Waals surface area contributed by atoms with Crippen molar-refractivity contribution in [3.8, 4) is 11.5 Å². The Kier molecular flexibility index (Phi) is 5.66. The van der Waals surface area contributed by atoms with Gasteiger partial charge in [-0.25, -0.2) is 0 Å². The third-order valence-electron chi connectivity index (χ3n) is 5.02. The summed E-state index contributed by atoms with van der Waals surface area (Å²) in [6.07, 6.45) is 0.612. The van der Waals surface area contributed by atoms with Crippen LogP contribution in [0.25, 0.3) is 0 Å². The predicted octanol–water partition coefficient (Wildman–Crippen LogP) is 3.22. The van der Waals surface area contributed by atoms with Crippen LogP contribution in [0.3, 0.4) is 0 Å². The lowest BCUT2D eigenvalue weighted by Gasteiger charge is -2.35. The van der Waals surface area contributed by atoms with Crippen LogP contribution in [0.4, 0.5) is 5.69 Å². The van der Waals surface area contributed by atoms with Gasteiger partial charge >= 0.3 is 0 Å². The molecule has 152 valence electrons. The number of para-hydroxylation sites is 2. The number of fused-ring (bicyclic) bond motifs is 1. The van der Waals surface area contributed by atoms with Crippen LogP contribution in [0.5, 0.6) is 11.5 Å². The molecule has 1 aliphatic rings. The van der Waals surface area contributed by atoms with Crippen molar-refractivity contribution in [2.24, 2.45) is 0 Å². The maximum atomic E-state index is 13.3. The van der Waals surface area contributed by atoms with Crippen molar-refractivity contribution >= 4 is 17.5 Å². The molecular formula is C24H22N2O4. The molecule has 1 heterocycles. The van der Waals surface area contributed by atoms with Crippen LogP contribution in [-0.4, -0.2) is 30.1 Å². The van der Waals surface area contributed by atoms with Crippen molar-refractivity contribution in [3.63, 3.8) is 0 Å². The molecule has 6 heteroatoms. The maximum Gasteiger partial charge on any atom is 0.266 e. The van der Waals surface area contributed by atoms with Gasteiger partial charge in [0.05, 0.1) is 5.69 Å². The van der Waals surface area contributed by atoms with E-state index >= 15 is 0 Å². The Balaban J connectivity index is 1.58. The zero-order valence-corrected chi connectivity index (χ0v) is 16.3. The number of carbonyl (C=O) groups is 2. The lowest BCUT2D eigenvalue weighted by molar-refractivity contribution is -0.128. The highest BCUT2D eigenvalue weighted by molar-refractivity contribution is 6.04. The summed E-state index contributed by atoms with van der Waals surface area (Å²) in [6.45, 7) is 0.300. The van der Waals surface area contributed by atoms with Crippen molar-refractivity contribution in [2.75, 3.05) is 18.1 Å². The van der Waals surface area contributed by atoms with Crippen LogP contribution in [0.15, 0.2) is 78.9 Å². The van der Waals surface area contributed by atoms with Gasteiger partial charge in [-0.15, -0.1) is 0 Å². The number of aromatic hydroxyl groups is 1. The van der Waals surface area contributed by atoms with E-state index < -0.39 is 6.04 Å². The average molecular weight is 402 g/mol. The zero-order valence-electron chi connectivity index (χ0n) is 16.3. The lowest BCUT2D eigenvalue weighted by Crippen LogP contribution is -2.47. The quantitative estimate of drug-likeness (QED) is 0.664. The fraction of sp³-hybridized carbons (Fsp3) is 0.167. The summed E-state index contributed by atoms with van der Waals surface area (Å²) in [5, 5.41) is 12.4. The van der Waals surface area contributed by atoms with Crippen LogP contribution < -0.4 is 15.0 Å². The van der Waals surface area contributed by atoms with Crippen LogP contribution in [0.1, 0.15) is 17.2 Å². The molecule has 3 aromatic carbocycles. The third kappa shape index (κ3) is 4.12. The first-order valence-electron chi connectivity index (χ1n) is 9.78. The molecule has 0 saturated carbocycles. The molecule has 1 atom stereocenters. The second kappa shape index (κ2) is 8.69. The largest absolute Gasteiger partial charge is 0.508 e. The smallest absolute Gasteiger partial charge is 0.266 e. The number of nitrogens with one attached hydrogen (secondary N) is 1. The van der Waals surface area contributed by atoms with Crippen molar-refractivity contribution in [1.29, 1.82) is 0 Å². The van der Waals surface area contributed by atoms with E-state index in [1.807, 2.05) is 54.6 Å². The van der Waals surface area contributed by atoms with Crippen LogP contribution in [-0.2, 0) is 16.0 Å². The molecule has 0 aliphatic carbocycles. The van der Waals surface area contributed by atoms with Gasteiger partial charge in [0.2, 0.25) is 5.91 Å². The first-order chi connectivity index (χ1) is 14.6. The number of nitrogens with zero attached hydrogens (tertiary/aromatic N) is 1. The van der Waals surface area contributed by atoms with Gasteiger partial charge in [-0.3, -0.25) is 14.5 Å². The molecular weight excluding hydrogens is 380 g/mol. The molecule has 0 saturated heterocycles. The summed E-state index contributed by atoms with van der Waals surface area (Å²) < 4.78 is 5.54. The summed E-state index contributed by atoms with van der Waals surface area (Å²) >= 11 is 0. The number of phenolic OH excluding ortho intramolecular Hbond substituents is 1. The van der Waals surface area contributed by atoms with Gasteiger partial charge in [0.1, 0.15) is 17.5 Å². The first kappa shape index (κ1) is 19.5. The van der Waals surface area contributed by atoms with Crippen LogP contribution in [0.2, 0.25) is 0 Å². The maximum absolute atomic E-state index is 13.3. The van der Waals surface area contributed by atoms with Crippen molar-refractivity contribution in [2.45, 2.75) is 12.5 Å². The van der Waals surface area contributed by atoms with Gasteiger partial charge in [0, 0.05) is 6.54 Å². The van der Waals surface area contributed by atoms with E-state index in [1.165, 1.54) is 4.90 Å². The molecule has 1 aliphatic heterocycles. The van der Waals surface area contributed by atoms with E-state index in [1.54, 1.807) is 24.3 Å². The number of hydrogen-bond donors (Lipinski definition) is 2. The third-order valence-corrected chi connectivity index (χ3v) is 5.02. The van der Waals surface area contributed by atoms with Gasteiger partial charge in [-0.2, -0.15) is 0 Å². The standard InChI is InChI=1S/C24H22N2O4/c27-19-12-10-17(11-13-19)14-15-25-24(29)23(18-6-2-1-3-7-18)26-20-8-4-5-9-21(20)30-16-22(26)28/h1-13,23,27H,14-16H2,(H,25,29). The molecule has 0 fully saturated rings. The molecule has 3 aromatic rings. The van der Waals surface area contributed by atoms with E-state index in [2.05, 4.69) is 5.32 Å². The van der Waals surface area contributed by atoms with Crippen LogP contribution >= 0.6 is 0 Å². The predicted molar refractivity (Wildman–Crippen MR) is 113 cm³/mol. The Labute approximate surface area is 174 Å². The average Bonchev–Trinajstić information content (AvgIpc) is 2.78. The molecule has 0 bridgehead atoms. The summed E-state index contributed by atoms with van der Waals surface area (Å²) in [4.78, 5) is 27.6. The highest BCUT2D eigenvalue weighted by atomic mass is 16.5. The Morgan fingerprint density at radius 3 is 2.47 bits per heavy atom. The number of anilines is 1. The van der Waals surface area contributed by atoms with Gasteiger partial charge in [0.15, 0.2) is 6.61 Å². The Hall–Kier alpha value is -3.80. The van der Waals surface area contributed by atoms with Crippen molar-refractivity contribution in [1.82, 2.24) is 5.32 Å². The molecule has 4 rings (SSSR count). The van der Waals surface area contributed by atoms with E-state index in [9.17, 15) is 14.7 Å².